The Morgan fingerprint density at radius 3 is 2.75 bits per heavy atom. The maximum atomic E-state index is 13.7. The predicted molar refractivity (Wildman–Crippen MR) is 187 cm³/mol. The number of nitrogens with one attached hydrogen (secondary N) is 1. The molecule has 1 saturated carbocycles. The number of aryl methyl sites for hydroxylation is 1. The summed E-state index contributed by atoms with van der Waals surface area (Å²) in [4.78, 5) is 18.1. The third kappa shape index (κ3) is 6.45. The van der Waals surface area contributed by atoms with E-state index in [1.165, 1.54) is 11.1 Å². The second kappa shape index (κ2) is 12.8. The summed E-state index contributed by atoms with van der Waals surface area (Å²) < 4.78 is 39.8. The van der Waals surface area contributed by atoms with Crippen molar-refractivity contribution in [3.8, 4) is 5.75 Å². The third-order valence-corrected chi connectivity index (χ3v) is 12.7. The van der Waals surface area contributed by atoms with Gasteiger partial charge in [0.2, 0.25) is 10.0 Å². The van der Waals surface area contributed by atoms with Gasteiger partial charge in [-0.25, -0.2) is 8.42 Å². The van der Waals surface area contributed by atoms with Gasteiger partial charge in [-0.15, -0.1) is 0 Å². The first kappa shape index (κ1) is 33.7. The van der Waals surface area contributed by atoms with Gasteiger partial charge in [0.05, 0.1) is 24.7 Å². The Morgan fingerprint density at radius 2 is 1.98 bits per heavy atom. The molecule has 3 aliphatic heterocycles. The average molecular weight is 698 g/mol. The Kier molecular flexibility index (Phi) is 9.01. The number of amides is 1. The molecule has 0 radical (unpaired) electrons. The van der Waals surface area contributed by atoms with Gasteiger partial charge in [0, 0.05) is 55.8 Å². The van der Waals surface area contributed by atoms with Crippen LogP contribution < -0.4 is 14.4 Å². The number of benzene rings is 2. The van der Waals surface area contributed by atoms with Crippen molar-refractivity contribution >= 4 is 33.2 Å². The highest BCUT2D eigenvalue weighted by Crippen LogP contribution is 2.49. The van der Waals surface area contributed by atoms with E-state index in [9.17, 15) is 18.3 Å². The summed E-state index contributed by atoms with van der Waals surface area (Å²) >= 11 is 6.46. The lowest BCUT2D eigenvalue weighted by atomic mass is 9.67. The zero-order chi connectivity index (χ0) is 33.8. The number of carbonyl (C=O) groups is 1. The number of hydrogen-bond donors (Lipinski definition) is 2. The Morgan fingerprint density at radius 1 is 1.15 bits per heavy atom. The topological polar surface area (TPSA) is 108 Å². The molecule has 260 valence electrons. The molecule has 2 N–H and O–H groups in total. The van der Waals surface area contributed by atoms with Crippen molar-refractivity contribution in [1.29, 1.82) is 0 Å². The van der Waals surface area contributed by atoms with E-state index < -0.39 is 21.5 Å². The Labute approximate surface area is 289 Å². The molecular weight excluding hydrogens is 650 g/mol. The van der Waals surface area contributed by atoms with Crippen LogP contribution in [-0.2, 0) is 37.0 Å². The molecule has 3 heterocycles. The van der Waals surface area contributed by atoms with Crippen LogP contribution in [0.5, 0.6) is 5.75 Å². The van der Waals surface area contributed by atoms with Gasteiger partial charge in [-0.05, 0) is 110 Å². The van der Waals surface area contributed by atoms with Gasteiger partial charge in [-0.2, -0.15) is 0 Å². The molecule has 0 unspecified atom stereocenters. The molecule has 5 aliphatic rings. The Bertz CT molecular complexity index is 1700. The summed E-state index contributed by atoms with van der Waals surface area (Å²) in [6.45, 7) is 7.73. The molecule has 1 amide bonds. The summed E-state index contributed by atoms with van der Waals surface area (Å²) in [5, 5.41) is 13.0. The largest absolute Gasteiger partial charge is 0.490 e. The minimum atomic E-state index is -3.95. The van der Waals surface area contributed by atoms with E-state index in [4.69, 9.17) is 21.1 Å². The fourth-order valence-electron chi connectivity index (χ4n) is 8.96. The SMILES string of the molecule is C=C1C[C@@](O)(C(=O)NS(C)(=O)=O)c2ccc3c(c2)N(C[C@@H]2CC[C@H]2[C@@H]2C[C@@H](CCO2)CCN1C)C[C@@]1(CCCc2cc(Cl)ccc21)CO3. The van der Waals surface area contributed by atoms with E-state index in [0.717, 1.165) is 81.5 Å². The van der Waals surface area contributed by atoms with Gasteiger partial charge in [-0.1, -0.05) is 30.3 Å². The molecule has 1 spiro atoms. The van der Waals surface area contributed by atoms with E-state index in [-0.39, 0.29) is 17.9 Å². The highest BCUT2D eigenvalue weighted by atomic mass is 35.5. The zero-order valence-electron chi connectivity index (χ0n) is 28.0. The molecular formula is C37H48ClN3O6S. The van der Waals surface area contributed by atoms with Crippen molar-refractivity contribution in [2.24, 2.45) is 17.8 Å². The maximum Gasteiger partial charge on any atom is 0.270 e. The molecule has 1 saturated heterocycles. The van der Waals surface area contributed by atoms with Crippen molar-refractivity contribution in [3.05, 3.63) is 70.4 Å². The molecule has 2 aromatic rings. The number of carbonyl (C=O) groups excluding carboxylic acids is 1. The maximum absolute atomic E-state index is 13.7. The second-order valence-electron chi connectivity index (χ2n) is 15.1. The Balaban J connectivity index is 1.34. The van der Waals surface area contributed by atoms with Crippen LogP contribution in [0.3, 0.4) is 0 Å². The van der Waals surface area contributed by atoms with Crippen LogP contribution >= 0.6 is 11.6 Å². The van der Waals surface area contributed by atoms with E-state index in [2.05, 4.69) is 28.3 Å². The van der Waals surface area contributed by atoms with E-state index in [0.29, 0.717) is 54.5 Å². The molecule has 6 atom stereocenters. The van der Waals surface area contributed by atoms with Gasteiger partial charge in [0.1, 0.15) is 5.75 Å². The number of fused-ring (bicyclic) bond motifs is 7. The molecule has 2 fully saturated rings. The summed E-state index contributed by atoms with van der Waals surface area (Å²) in [5.74, 6) is 1.10. The predicted octanol–water partition coefficient (Wildman–Crippen LogP) is 5.14. The minimum Gasteiger partial charge on any atom is -0.490 e. The lowest BCUT2D eigenvalue weighted by Crippen LogP contribution is -2.50. The first-order chi connectivity index (χ1) is 22.8. The minimum absolute atomic E-state index is 0.163. The molecule has 2 aromatic carbocycles. The van der Waals surface area contributed by atoms with Crippen LogP contribution in [0.1, 0.15) is 68.1 Å². The second-order valence-corrected chi connectivity index (χ2v) is 17.3. The Hall–Kier alpha value is -2.79. The molecule has 4 bridgehead atoms. The van der Waals surface area contributed by atoms with Gasteiger partial charge in [0.15, 0.2) is 5.60 Å². The molecule has 2 aliphatic carbocycles. The normalized spacial score (nSPS) is 32.3. The number of ether oxygens (including phenoxy) is 2. The van der Waals surface area contributed by atoms with E-state index in [1.807, 2.05) is 30.1 Å². The molecule has 9 nitrogen and oxygen atoms in total. The number of sulfonamides is 1. The van der Waals surface area contributed by atoms with E-state index >= 15 is 0 Å². The number of hydrogen-bond acceptors (Lipinski definition) is 8. The van der Waals surface area contributed by atoms with Crippen molar-refractivity contribution < 1.29 is 27.8 Å². The van der Waals surface area contributed by atoms with Gasteiger partial charge in [0.25, 0.3) is 5.91 Å². The molecule has 11 heteroatoms. The monoisotopic (exact) mass is 697 g/mol. The van der Waals surface area contributed by atoms with Crippen molar-refractivity contribution in [2.45, 2.75) is 74.9 Å². The van der Waals surface area contributed by atoms with Crippen molar-refractivity contribution in [3.63, 3.8) is 0 Å². The molecule has 48 heavy (non-hydrogen) atoms. The van der Waals surface area contributed by atoms with Crippen LogP contribution in [0.4, 0.5) is 5.69 Å². The lowest BCUT2D eigenvalue weighted by molar-refractivity contribution is -0.139. The van der Waals surface area contributed by atoms with Gasteiger partial charge < -0.3 is 24.4 Å². The van der Waals surface area contributed by atoms with Gasteiger partial charge >= 0.3 is 0 Å². The quantitative estimate of drug-likeness (QED) is 0.445. The summed E-state index contributed by atoms with van der Waals surface area (Å²) in [6.07, 6.45) is 9.22. The highest BCUT2D eigenvalue weighted by Gasteiger charge is 2.47. The first-order valence-corrected chi connectivity index (χ1v) is 19.7. The van der Waals surface area contributed by atoms with E-state index in [1.54, 1.807) is 6.07 Å². The van der Waals surface area contributed by atoms with Gasteiger partial charge in [-0.3, -0.25) is 9.52 Å². The lowest BCUT2D eigenvalue weighted by Gasteiger charge is -2.48. The number of rotatable bonds is 2. The summed E-state index contributed by atoms with van der Waals surface area (Å²) in [7, 11) is -2.03. The van der Waals surface area contributed by atoms with Crippen molar-refractivity contribution in [2.75, 3.05) is 51.1 Å². The number of aliphatic hydroxyl groups is 1. The number of nitrogens with zero attached hydrogens (tertiary/aromatic N) is 2. The fourth-order valence-corrected chi connectivity index (χ4v) is 9.66. The van der Waals surface area contributed by atoms with Crippen molar-refractivity contribution in [1.82, 2.24) is 9.62 Å². The summed E-state index contributed by atoms with van der Waals surface area (Å²) in [6, 6.07) is 11.6. The number of anilines is 1. The number of halogens is 1. The zero-order valence-corrected chi connectivity index (χ0v) is 29.6. The van der Waals surface area contributed by atoms with Crippen LogP contribution in [0, 0.1) is 17.8 Å². The molecule has 0 aromatic heterocycles. The first-order valence-electron chi connectivity index (χ1n) is 17.4. The highest BCUT2D eigenvalue weighted by molar-refractivity contribution is 7.89. The molecule has 7 rings (SSSR count). The van der Waals surface area contributed by atoms with Crippen LogP contribution in [0.2, 0.25) is 5.02 Å². The summed E-state index contributed by atoms with van der Waals surface area (Å²) in [5.41, 5.74) is 1.72. The van der Waals surface area contributed by atoms with Crippen LogP contribution in [0.25, 0.3) is 0 Å². The smallest absolute Gasteiger partial charge is 0.270 e. The standard InChI is InChI=1S/C37H48ClN3O6S/c1-24-20-37(43,35(42)39-48(3,44)45)28-7-11-33-32(19-28)41(22-36(23-47-33)14-4-5-26-18-29(38)8-10-31(26)36)21-27-6-9-30(27)34-17-25(13-16-46-34)12-15-40(24)2/h7-8,10-11,18-19,25,27,30,34,43H,1,4-6,9,12-17,20-23H2,2-3H3,(H,39,42)/t25-,27+,30-,34+,36+,37+/m1/s1. The fraction of sp³-hybridized carbons (Fsp3) is 0.595. The third-order valence-electron chi connectivity index (χ3n) is 11.9. The van der Waals surface area contributed by atoms with Crippen LogP contribution in [-0.4, -0.2) is 76.6 Å². The average Bonchev–Trinajstić information content (AvgIpc) is 3.17. The van der Waals surface area contributed by atoms with Crippen LogP contribution in [0.15, 0.2) is 48.7 Å².